The highest BCUT2D eigenvalue weighted by Crippen LogP contribution is 2.33. The van der Waals surface area contributed by atoms with E-state index in [0.717, 1.165) is 27.4 Å². The molecule has 0 amide bonds. The zero-order valence-corrected chi connectivity index (χ0v) is 11.4. The number of rotatable bonds is 5. The molecule has 19 heavy (non-hydrogen) atoms. The largest absolute Gasteiger partial charge is 0.497 e. The van der Waals surface area contributed by atoms with E-state index in [9.17, 15) is 4.79 Å². The van der Waals surface area contributed by atoms with Gasteiger partial charge in [0.2, 0.25) is 0 Å². The number of hydrogen-bond acceptors (Lipinski definition) is 4. The molecule has 0 radical (unpaired) electrons. The minimum atomic E-state index is 0.433. The number of nitrogens with two attached hydrogens (primary N) is 1. The molecule has 0 aliphatic heterocycles. The Balaban J connectivity index is 2.35. The minimum absolute atomic E-state index is 0.433. The van der Waals surface area contributed by atoms with Crippen molar-refractivity contribution in [1.29, 1.82) is 0 Å². The van der Waals surface area contributed by atoms with Crippen LogP contribution in [0.15, 0.2) is 52.3 Å². The summed E-state index contributed by atoms with van der Waals surface area (Å²) < 4.78 is 5.19. The van der Waals surface area contributed by atoms with Gasteiger partial charge in [-0.25, -0.2) is 0 Å². The number of ether oxygens (including phenoxy) is 1. The highest BCUT2D eigenvalue weighted by Gasteiger charge is 2.08. The Morgan fingerprint density at radius 1 is 1.21 bits per heavy atom. The Morgan fingerprint density at radius 3 is 2.68 bits per heavy atom. The first kappa shape index (κ1) is 13.6. The third kappa shape index (κ3) is 3.16. The fraction of sp³-hybridized carbons (Fsp3) is 0.133. The van der Waals surface area contributed by atoms with Gasteiger partial charge in [-0.1, -0.05) is 30.0 Å². The molecular formula is C15H15NO2S. The summed E-state index contributed by atoms with van der Waals surface area (Å²) in [5, 5.41) is 0. The lowest BCUT2D eigenvalue weighted by atomic mass is 10.2. The van der Waals surface area contributed by atoms with E-state index in [1.165, 1.54) is 0 Å². The van der Waals surface area contributed by atoms with Crippen LogP contribution in [0, 0.1) is 0 Å². The SMILES string of the molecule is COc1ccc(Sc2ccccc2C=O)c(CN)c1. The molecule has 3 nitrogen and oxygen atoms in total. The number of aldehydes is 1. The Labute approximate surface area is 116 Å². The van der Waals surface area contributed by atoms with Crippen LogP contribution in [0.4, 0.5) is 0 Å². The van der Waals surface area contributed by atoms with Crippen LogP contribution in [0.2, 0.25) is 0 Å². The van der Waals surface area contributed by atoms with Crippen molar-refractivity contribution in [3.8, 4) is 5.75 Å². The van der Waals surface area contributed by atoms with Gasteiger partial charge >= 0.3 is 0 Å². The summed E-state index contributed by atoms with van der Waals surface area (Å²) in [5.74, 6) is 0.786. The quantitative estimate of drug-likeness (QED) is 0.850. The van der Waals surface area contributed by atoms with E-state index in [1.54, 1.807) is 24.9 Å². The van der Waals surface area contributed by atoms with Crippen molar-refractivity contribution in [1.82, 2.24) is 0 Å². The summed E-state index contributed by atoms with van der Waals surface area (Å²) in [5.41, 5.74) is 7.45. The molecule has 0 bridgehead atoms. The topological polar surface area (TPSA) is 52.3 Å². The average Bonchev–Trinajstić information content (AvgIpc) is 2.48. The maximum atomic E-state index is 11.0. The highest BCUT2D eigenvalue weighted by atomic mass is 32.2. The van der Waals surface area contributed by atoms with E-state index in [-0.39, 0.29) is 0 Å². The molecule has 0 aromatic heterocycles. The van der Waals surface area contributed by atoms with Crippen LogP contribution in [0.1, 0.15) is 15.9 Å². The van der Waals surface area contributed by atoms with Crippen LogP contribution in [-0.2, 0) is 6.54 Å². The van der Waals surface area contributed by atoms with E-state index in [0.29, 0.717) is 12.1 Å². The molecule has 0 aliphatic carbocycles. The van der Waals surface area contributed by atoms with E-state index >= 15 is 0 Å². The summed E-state index contributed by atoms with van der Waals surface area (Å²) in [7, 11) is 1.63. The van der Waals surface area contributed by atoms with Crippen LogP contribution in [0.5, 0.6) is 5.75 Å². The number of hydrogen-bond donors (Lipinski definition) is 1. The van der Waals surface area contributed by atoms with E-state index in [4.69, 9.17) is 10.5 Å². The van der Waals surface area contributed by atoms with E-state index < -0.39 is 0 Å². The number of methoxy groups -OCH3 is 1. The van der Waals surface area contributed by atoms with Crippen molar-refractivity contribution in [2.24, 2.45) is 5.73 Å². The molecule has 2 aromatic carbocycles. The van der Waals surface area contributed by atoms with Gasteiger partial charge in [0.25, 0.3) is 0 Å². The zero-order valence-electron chi connectivity index (χ0n) is 10.6. The first-order chi connectivity index (χ1) is 9.28. The molecule has 2 N–H and O–H groups in total. The Bertz CT molecular complexity index is 584. The summed E-state index contributed by atoms with van der Waals surface area (Å²) in [6, 6.07) is 13.3. The van der Waals surface area contributed by atoms with Gasteiger partial charge in [-0.15, -0.1) is 0 Å². The Morgan fingerprint density at radius 2 is 2.00 bits per heavy atom. The standard InChI is InChI=1S/C15H15NO2S/c1-18-13-6-7-15(12(8-13)9-16)19-14-5-3-2-4-11(14)10-17/h2-8,10H,9,16H2,1H3. The van der Waals surface area contributed by atoms with E-state index in [2.05, 4.69) is 0 Å². The molecule has 0 heterocycles. The third-order valence-corrected chi connectivity index (χ3v) is 3.96. The number of benzene rings is 2. The molecule has 0 aliphatic rings. The molecule has 0 spiro atoms. The van der Waals surface area contributed by atoms with Crippen molar-refractivity contribution in [3.63, 3.8) is 0 Å². The molecule has 0 saturated heterocycles. The Kier molecular flexibility index (Phi) is 4.60. The van der Waals surface area contributed by atoms with Crippen molar-refractivity contribution in [2.45, 2.75) is 16.3 Å². The fourth-order valence-electron chi connectivity index (χ4n) is 1.73. The predicted octanol–water partition coefficient (Wildman–Crippen LogP) is 3.12. The van der Waals surface area contributed by atoms with Gasteiger partial charge < -0.3 is 10.5 Å². The molecule has 0 fully saturated rings. The zero-order chi connectivity index (χ0) is 13.7. The van der Waals surface area contributed by atoms with Gasteiger partial charge in [-0.3, -0.25) is 4.79 Å². The summed E-state index contributed by atoms with van der Waals surface area (Å²) >= 11 is 1.54. The predicted molar refractivity (Wildman–Crippen MR) is 76.8 cm³/mol. The van der Waals surface area contributed by atoms with Gasteiger partial charge in [0.1, 0.15) is 5.75 Å². The van der Waals surface area contributed by atoms with Crippen molar-refractivity contribution in [2.75, 3.05) is 7.11 Å². The maximum absolute atomic E-state index is 11.0. The van der Waals surface area contributed by atoms with Gasteiger partial charge in [0, 0.05) is 21.9 Å². The summed E-state index contributed by atoms with van der Waals surface area (Å²) in [4.78, 5) is 13.0. The van der Waals surface area contributed by atoms with Gasteiger partial charge in [-0.2, -0.15) is 0 Å². The second-order valence-corrected chi connectivity index (χ2v) is 5.02. The molecule has 0 saturated carbocycles. The second kappa shape index (κ2) is 6.41. The van der Waals surface area contributed by atoms with Crippen LogP contribution >= 0.6 is 11.8 Å². The molecule has 0 unspecified atom stereocenters. The molecule has 0 atom stereocenters. The number of carbonyl (C=O) groups is 1. The lowest BCUT2D eigenvalue weighted by molar-refractivity contribution is 0.112. The van der Waals surface area contributed by atoms with Crippen molar-refractivity contribution < 1.29 is 9.53 Å². The molecule has 2 aromatic rings. The average molecular weight is 273 g/mol. The highest BCUT2D eigenvalue weighted by molar-refractivity contribution is 7.99. The minimum Gasteiger partial charge on any atom is -0.497 e. The normalized spacial score (nSPS) is 10.2. The summed E-state index contributed by atoms with van der Waals surface area (Å²) in [6.45, 7) is 0.433. The molecular weight excluding hydrogens is 258 g/mol. The van der Waals surface area contributed by atoms with Crippen LogP contribution < -0.4 is 10.5 Å². The third-order valence-electron chi connectivity index (χ3n) is 2.75. The molecule has 2 rings (SSSR count). The maximum Gasteiger partial charge on any atom is 0.151 e. The lowest BCUT2D eigenvalue weighted by Gasteiger charge is -2.10. The van der Waals surface area contributed by atoms with Crippen LogP contribution in [0.3, 0.4) is 0 Å². The first-order valence-electron chi connectivity index (χ1n) is 5.87. The summed E-state index contributed by atoms with van der Waals surface area (Å²) in [6.07, 6.45) is 0.869. The smallest absolute Gasteiger partial charge is 0.151 e. The van der Waals surface area contributed by atoms with Crippen molar-refractivity contribution >= 4 is 18.0 Å². The first-order valence-corrected chi connectivity index (χ1v) is 6.69. The monoisotopic (exact) mass is 273 g/mol. The van der Waals surface area contributed by atoms with Crippen LogP contribution in [-0.4, -0.2) is 13.4 Å². The number of carbonyl (C=O) groups excluding carboxylic acids is 1. The van der Waals surface area contributed by atoms with Crippen LogP contribution in [0.25, 0.3) is 0 Å². The van der Waals surface area contributed by atoms with Gasteiger partial charge in [-0.05, 0) is 29.8 Å². The van der Waals surface area contributed by atoms with Crippen molar-refractivity contribution in [3.05, 3.63) is 53.6 Å². The molecule has 98 valence electrons. The second-order valence-electron chi connectivity index (χ2n) is 3.94. The molecule has 4 heteroatoms. The van der Waals surface area contributed by atoms with E-state index in [1.807, 2.05) is 36.4 Å². The lowest BCUT2D eigenvalue weighted by Crippen LogP contribution is -1.99. The fourth-order valence-corrected chi connectivity index (χ4v) is 2.76. The Hall–Kier alpha value is -1.78. The van der Waals surface area contributed by atoms with Gasteiger partial charge in [0.15, 0.2) is 6.29 Å². The van der Waals surface area contributed by atoms with Gasteiger partial charge in [0.05, 0.1) is 7.11 Å².